The molecule has 13 heavy (non-hydrogen) atoms. The Morgan fingerprint density at radius 2 is 1.54 bits per heavy atom. The van der Waals surface area contributed by atoms with Crippen molar-refractivity contribution in [2.75, 3.05) is 4.90 Å². The lowest BCUT2D eigenvalue weighted by Crippen LogP contribution is -2.29. The van der Waals surface area contributed by atoms with Gasteiger partial charge in [-0.2, -0.15) is 0 Å². The van der Waals surface area contributed by atoms with Gasteiger partial charge in [-0.25, -0.2) is 4.90 Å². The van der Waals surface area contributed by atoms with E-state index in [1.54, 1.807) is 0 Å². The van der Waals surface area contributed by atoms with Gasteiger partial charge in [0, 0.05) is 12.2 Å². The predicted molar refractivity (Wildman–Crippen MR) is 48.1 cm³/mol. The van der Waals surface area contributed by atoms with Crippen LogP contribution in [0.2, 0.25) is 0 Å². The maximum atomic E-state index is 11.5. The predicted octanol–water partition coefficient (Wildman–Crippen LogP) is 1.12. The summed E-state index contributed by atoms with van der Waals surface area (Å²) in [5.41, 5.74) is -0.416. The molecule has 0 N–H and O–H groups in total. The summed E-state index contributed by atoms with van der Waals surface area (Å²) in [7, 11) is 0. The molecule has 0 unspecified atom stereocenters. The normalized spacial score (nSPS) is 20.9. The Balaban J connectivity index is 2.73. The van der Waals surface area contributed by atoms with Gasteiger partial charge < -0.3 is 0 Å². The zero-order chi connectivity index (χ0) is 13.6. The fourth-order valence-electron chi connectivity index (χ4n) is 0.976. The van der Waals surface area contributed by atoms with Crippen molar-refractivity contribution < 1.29 is 16.4 Å². The van der Waals surface area contributed by atoms with Crippen LogP contribution in [0, 0.1) is 0 Å². The van der Waals surface area contributed by atoms with E-state index in [1.165, 1.54) is 0 Å². The van der Waals surface area contributed by atoms with Gasteiger partial charge in [0.25, 0.3) is 11.8 Å². The van der Waals surface area contributed by atoms with Crippen molar-refractivity contribution in [1.82, 2.24) is 0 Å². The average Bonchev–Trinajstić information content (AvgIpc) is 2.66. The molecule has 1 aromatic rings. The van der Waals surface area contributed by atoms with Crippen LogP contribution in [0.4, 0.5) is 5.69 Å². The second kappa shape index (κ2) is 2.86. The number of amides is 2. The molecule has 0 spiro atoms. The number of hydrogen-bond donors (Lipinski definition) is 0. The fourth-order valence-corrected chi connectivity index (χ4v) is 0.976. The fraction of sp³-hybridized carbons (Fsp3) is 0. The zero-order valence-corrected chi connectivity index (χ0v) is 6.42. The molecule has 0 fully saturated rings. The summed E-state index contributed by atoms with van der Waals surface area (Å²) in [4.78, 5) is 23.5. The molecule has 0 aliphatic carbocycles. The molecule has 0 bridgehead atoms. The van der Waals surface area contributed by atoms with E-state index in [0.717, 1.165) is 12.2 Å². The van der Waals surface area contributed by atoms with Gasteiger partial charge in [0.2, 0.25) is 0 Å². The highest BCUT2D eigenvalue weighted by Crippen LogP contribution is 2.17. The number of benzene rings is 1. The highest BCUT2D eigenvalue weighted by molar-refractivity contribution is 6.28. The Kier molecular flexibility index (Phi) is 0.852. The minimum Gasteiger partial charge on any atom is -0.269 e. The molecule has 1 aromatic carbocycles. The standard InChI is InChI=1S/C10H7NO2/c12-9-6-7-10(13)11(9)8-4-2-1-3-5-8/h1-7H/i1D,2D,3D,4D,5D. The number of nitrogens with zero attached hydrogens (tertiary/aromatic N) is 1. The SMILES string of the molecule is [2H]c1c([2H])c([2H])c(N2C(=O)C=CC2=O)c([2H])c1[2H]. The first-order valence-corrected chi connectivity index (χ1v) is 3.49. The van der Waals surface area contributed by atoms with Crippen LogP contribution >= 0.6 is 0 Å². The third-order valence-electron chi connectivity index (χ3n) is 1.52. The lowest BCUT2D eigenvalue weighted by atomic mass is 10.3. The number of carbonyl (C=O) groups excluding carboxylic acids is 2. The summed E-state index contributed by atoms with van der Waals surface area (Å²) in [5.74, 6) is -1.45. The molecular weight excluding hydrogens is 166 g/mol. The van der Waals surface area contributed by atoms with Gasteiger partial charge in [-0.15, -0.1) is 0 Å². The van der Waals surface area contributed by atoms with E-state index in [0.29, 0.717) is 4.90 Å². The number of imide groups is 1. The Morgan fingerprint density at radius 1 is 1.00 bits per heavy atom. The molecule has 3 nitrogen and oxygen atoms in total. The van der Waals surface area contributed by atoms with Crippen molar-refractivity contribution in [3.05, 3.63) is 42.4 Å². The van der Waals surface area contributed by atoms with Crippen molar-refractivity contribution in [2.45, 2.75) is 0 Å². The quantitative estimate of drug-likeness (QED) is 0.604. The molecule has 2 rings (SSSR count). The second-order valence-electron chi connectivity index (χ2n) is 2.32. The summed E-state index contributed by atoms with van der Waals surface area (Å²) < 4.78 is 37.6. The number of para-hydroxylation sites is 1. The highest BCUT2D eigenvalue weighted by atomic mass is 16.2. The van der Waals surface area contributed by atoms with Crippen molar-refractivity contribution >= 4 is 17.5 Å². The van der Waals surface area contributed by atoms with E-state index < -0.39 is 47.7 Å². The van der Waals surface area contributed by atoms with Crippen LogP contribution in [0.3, 0.4) is 0 Å². The molecule has 0 radical (unpaired) electrons. The van der Waals surface area contributed by atoms with E-state index in [4.69, 9.17) is 6.85 Å². The van der Waals surface area contributed by atoms with E-state index in [9.17, 15) is 9.59 Å². The maximum Gasteiger partial charge on any atom is 0.258 e. The Morgan fingerprint density at radius 3 is 2.08 bits per heavy atom. The number of anilines is 1. The molecule has 1 aliphatic heterocycles. The molecular formula is C10H7NO2. The minimum atomic E-state index is -0.724. The third-order valence-corrected chi connectivity index (χ3v) is 1.52. The van der Waals surface area contributed by atoms with Gasteiger partial charge in [0.1, 0.15) is 0 Å². The molecule has 0 saturated carbocycles. The van der Waals surface area contributed by atoms with E-state index >= 15 is 0 Å². The lowest BCUT2D eigenvalue weighted by Gasteiger charge is -2.12. The van der Waals surface area contributed by atoms with Crippen molar-refractivity contribution in [1.29, 1.82) is 0 Å². The van der Waals surface area contributed by atoms with Crippen LogP contribution in [-0.4, -0.2) is 11.8 Å². The first kappa shape index (κ1) is 3.87. The van der Waals surface area contributed by atoms with Gasteiger partial charge in [0.15, 0.2) is 0 Å². The summed E-state index contributed by atoms with van der Waals surface area (Å²) in [6.07, 6.45) is 1.98. The number of carbonyl (C=O) groups is 2. The monoisotopic (exact) mass is 178 g/mol. The highest BCUT2D eigenvalue weighted by Gasteiger charge is 2.24. The van der Waals surface area contributed by atoms with Crippen LogP contribution in [-0.2, 0) is 9.59 Å². The van der Waals surface area contributed by atoms with Crippen molar-refractivity contribution in [3.63, 3.8) is 0 Å². The lowest BCUT2D eigenvalue weighted by molar-refractivity contribution is -0.119. The number of hydrogen-bond acceptors (Lipinski definition) is 2. The molecule has 64 valence electrons. The second-order valence-corrected chi connectivity index (χ2v) is 2.32. The molecule has 1 aliphatic rings. The molecule has 0 saturated heterocycles. The Labute approximate surface area is 82.3 Å². The van der Waals surface area contributed by atoms with Crippen molar-refractivity contribution in [2.24, 2.45) is 0 Å². The summed E-state index contributed by atoms with van der Waals surface area (Å²) in [5, 5.41) is 0. The summed E-state index contributed by atoms with van der Waals surface area (Å²) in [6, 6.07) is -2.89. The van der Waals surface area contributed by atoms with Crippen LogP contribution in [0.1, 0.15) is 6.85 Å². The maximum absolute atomic E-state index is 11.5. The third kappa shape index (κ3) is 1.24. The number of rotatable bonds is 1. The summed E-state index contributed by atoms with van der Waals surface area (Å²) >= 11 is 0. The Hall–Kier alpha value is -1.90. The first-order valence-electron chi connectivity index (χ1n) is 5.99. The molecule has 2 amide bonds. The van der Waals surface area contributed by atoms with Crippen LogP contribution in [0.5, 0.6) is 0 Å². The minimum absolute atomic E-state index is 0.416. The topological polar surface area (TPSA) is 37.4 Å². The molecule has 1 heterocycles. The van der Waals surface area contributed by atoms with Gasteiger partial charge >= 0.3 is 0 Å². The van der Waals surface area contributed by atoms with Gasteiger partial charge in [0.05, 0.1) is 12.5 Å². The van der Waals surface area contributed by atoms with Crippen LogP contribution < -0.4 is 4.90 Å². The van der Waals surface area contributed by atoms with Crippen LogP contribution in [0.25, 0.3) is 0 Å². The van der Waals surface area contributed by atoms with Gasteiger partial charge in [-0.1, -0.05) is 18.1 Å². The van der Waals surface area contributed by atoms with Crippen molar-refractivity contribution in [3.8, 4) is 0 Å². The van der Waals surface area contributed by atoms with Gasteiger partial charge in [-0.3, -0.25) is 9.59 Å². The smallest absolute Gasteiger partial charge is 0.258 e. The van der Waals surface area contributed by atoms with E-state index in [1.807, 2.05) is 0 Å². The first-order chi connectivity index (χ1) is 8.36. The zero-order valence-electron chi connectivity index (χ0n) is 11.4. The van der Waals surface area contributed by atoms with Gasteiger partial charge in [-0.05, 0) is 12.1 Å². The molecule has 0 atom stereocenters. The average molecular weight is 178 g/mol. The van der Waals surface area contributed by atoms with E-state index in [-0.39, 0.29) is 0 Å². The molecule has 3 heteroatoms. The van der Waals surface area contributed by atoms with E-state index in [2.05, 4.69) is 0 Å². The Bertz CT molecular complexity index is 564. The summed E-state index contributed by atoms with van der Waals surface area (Å²) in [6.45, 7) is 0. The van der Waals surface area contributed by atoms with Crippen LogP contribution in [0.15, 0.2) is 42.4 Å². The largest absolute Gasteiger partial charge is 0.269 e. The molecule has 0 aromatic heterocycles.